The first kappa shape index (κ1) is 14.4. The molecule has 1 aromatic heterocycles. The Balaban J connectivity index is 2.04. The number of hydrogen-bond donors (Lipinski definition) is 1. The van der Waals surface area contributed by atoms with E-state index in [0.717, 1.165) is 18.2 Å². The molecule has 1 N–H and O–H groups in total. The smallest absolute Gasteiger partial charge is 0.161 e. The van der Waals surface area contributed by atoms with Gasteiger partial charge in [0.05, 0.1) is 25.0 Å². The quantitative estimate of drug-likeness (QED) is 0.823. The SMILES string of the molecule is CCn1ncc(OC)c1C(CCC1CCCC1)NC. The lowest BCUT2D eigenvalue weighted by atomic mass is 9.97. The number of ether oxygens (including phenoxy) is 1. The molecule has 0 spiro atoms. The second kappa shape index (κ2) is 6.94. The third kappa shape index (κ3) is 3.30. The van der Waals surface area contributed by atoms with Gasteiger partial charge in [0.25, 0.3) is 0 Å². The van der Waals surface area contributed by atoms with Gasteiger partial charge in [0.1, 0.15) is 0 Å². The lowest BCUT2D eigenvalue weighted by Gasteiger charge is -2.20. The van der Waals surface area contributed by atoms with E-state index in [9.17, 15) is 0 Å². The lowest BCUT2D eigenvalue weighted by molar-refractivity contribution is 0.374. The van der Waals surface area contributed by atoms with Gasteiger partial charge < -0.3 is 10.1 Å². The van der Waals surface area contributed by atoms with Crippen molar-refractivity contribution < 1.29 is 4.74 Å². The normalized spacial score (nSPS) is 17.8. The number of aromatic nitrogens is 2. The summed E-state index contributed by atoms with van der Waals surface area (Å²) in [5.41, 5.74) is 1.20. The van der Waals surface area contributed by atoms with Crippen molar-refractivity contribution in [3.8, 4) is 5.75 Å². The number of nitrogens with one attached hydrogen (secondary N) is 1. The van der Waals surface area contributed by atoms with Gasteiger partial charge in [-0.1, -0.05) is 25.7 Å². The molecular weight excluding hydrogens is 238 g/mol. The molecular formula is C15H27N3O. The Labute approximate surface area is 116 Å². The molecule has 4 nitrogen and oxygen atoms in total. The molecule has 1 fully saturated rings. The maximum atomic E-state index is 5.46. The minimum Gasteiger partial charge on any atom is -0.493 e. The molecule has 0 amide bonds. The van der Waals surface area contributed by atoms with E-state index in [2.05, 4.69) is 22.0 Å². The van der Waals surface area contributed by atoms with Gasteiger partial charge in [0.15, 0.2) is 5.75 Å². The van der Waals surface area contributed by atoms with Crippen LogP contribution in [-0.4, -0.2) is 23.9 Å². The number of methoxy groups -OCH3 is 1. The van der Waals surface area contributed by atoms with Crippen LogP contribution in [0.1, 0.15) is 57.2 Å². The van der Waals surface area contributed by atoms with Crippen LogP contribution in [0.25, 0.3) is 0 Å². The highest BCUT2D eigenvalue weighted by Gasteiger charge is 2.22. The second-order valence-electron chi connectivity index (χ2n) is 5.48. The number of aryl methyl sites for hydroxylation is 1. The van der Waals surface area contributed by atoms with Crippen molar-refractivity contribution in [3.05, 3.63) is 11.9 Å². The van der Waals surface area contributed by atoms with Crippen molar-refractivity contribution in [3.63, 3.8) is 0 Å². The topological polar surface area (TPSA) is 39.1 Å². The van der Waals surface area contributed by atoms with E-state index in [1.807, 2.05) is 13.2 Å². The zero-order valence-electron chi connectivity index (χ0n) is 12.5. The highest BCUT2D eigenvalue weighted by molar-refractivity contribution is 5.28. The molecule has 4 heteroatoms. The molecule has 1 saturated carbocycles. The summed E-state index contributed by atoms with van der Waals surface area (Å²) in [6.07, 6.45) is 9.99. The molecule has 0 saturated heterocycles. The zero-order chi connectivity index (χ0) is 13.7. The Kier molecular flexibility index (Phi) is 5.25. The van der Waals surface area contributed by atoms with Gasteiger partial charge in [0.2, 0.25) is 0 Å². The Morgan fingerprint density at radius 1 is 1.47 bits per heavy atom. The van der Waals surface area contributed by atoms with Crippen LogP contribution in [0.2, 0.25) is 0 Å². The molecule has 1 aliphatic rings. The zero-order valence-corrected chi connectivity index (χ0v) is 12.5. The highest BCUT2D eigenvalue weighted by atomic mass is 16.5. The third-order valence-electron chi connectivity index (χ3n) is 4.38. The molecule has 1 atom stereocenters. The molecule has 2 rings (SSSR count). The minimum atomic E-state index is 0.345. The lowest BCUT2D eigenvalue weighted by Crippen LogP contribution is -2.21. The van der Waals surface area contributed by atoms with E-state index < -0.39 is 0 Å². The fraction of sp³-hybridized carbons (Fsp3) is 0.800. The van der Waals surface area contributed by atoms with E-state index in [1.165, 1.54) is 44.2 Å². The van der Waals surface area contributed by atoms with Crippen LogP contribution < -0.4 is 10.1 Å². The number of nitrogens with zero attached hydrogens (tertiary/aromatic N) is 2. The van der Waals surface area contributed by atoms with Crippen LogP contribution in [0.4, 0.5) is 0 Å². The Bertz CT molecular complexity index is 361. The van der Waals surface area contributed by atoms with Gasteiger partial charge in [-0.05, 0) is 32.7 Å². The molecule has 0 aromatic carbocycles. The maximum absolute atomic E-state index is 5.46. The van der Waals surface area contributed by atoms with Gasteiger partial charge in [-0.25, -0.2) is 0 Å². The molecule has 108 valence electrons. The first-order valence-corrected chi connectivity index (χ1v) is 7.57. The van der Waals surface area contributed by atoms with Crippen LogP contribution in [-0.2, 0) is 6.54 Å². The summed E-state index contributed by atoms with van der Waals surface area (Å²) in [6, 6.07) is 0.345. The maximum Gasteiger partial charge on any atom is 0.161 e. The standard InChI is InChI=1S/C15H27N3O/c1-4-18-15(14(19-3)11-17-18)13(16-2)10-9-12-7-5-6-8-12/h11-13,16H,4-10H2,1-3H3. The van der Waals surface area contributed by atoms with E-state index in [0.29, 0.717) is 6.04 Å². The van der Waals surface area contributed by atoms with Gasteiger partial charge >= 0.3 is 0 Å². The molecule has 0 bridgehead atoms. The van der Waals surface area contributed by atoms with E-state index >= 15 is 0 Å². The Hall–Kier alpha value is -1.03. The van der Waals surface area contributed by atoms with E-state index in [4.69, 9.17) is 4.74 Å². The van der Waals surface area contributed by atoms with Crippen LogP contribution in [0.15, 0.2) is 6.20 Å². The van der Waals surface area contributed by atoms with Crippen LogP contribution in [0, 0.1) is 5.92 Å². The first-order valence-electron chi connectivity index (χ1n) is 7.57. The summed E-state index contributed by atoms with van der Waals surface area (Å²) < 4.78 is 7.51. The molecule has 1 heterocycles. The first-order chi connectivity index (χ1) is 9.30. The third-order valence-corrected chi connectivity index (χ3v) is 4.38. The van der Waals surface area contributed by atoms with Crippen LogP contribution in [0.3, 0.4) is 0 Å². The van der Waals surface area contributed by atoms with Crippen molar-refractivity contribution >= 4 is 0 Å². The van der Waals surface area contributed by atoms with Gasteiger partial charge in [-0.15, -0.1) is 0 Å². The average molecular weight is 265 g/mol. The van der Waals surface area contributed by atoms with Crippen molar-refractivity contribution in [2.75, 3.05) is 14.2 Å². The predicted octanol–water partition coefficient (Wildman–Crippen LogP) is 3.14. The largest absolute Gasteiger partial charge is 0.493 e. The summed E-state index contributed by atoms with van der Waals surface area (Å²) >= 11 is 0. The van der Waals surface area contributed by atoms with Crippen molar-refractivity contribution in [1.29, 1.82) is 0 Å². The molecule has 0 radical (unpaired) electrons. The average Bonchev–Trinajstić information content (AvgIpc) is 3.08. The summed E-state index contributed by atoms with van der Waals surface area (Å²) in [4.78, 5) is 0. The molecule has 1 aromatic rings. The fourth-order valence-electron chi connectivity index (χ4n) is 3.26. The molecule has 0 aliphatic heterocycles. The second-order valence-corrected chi connectivity index (χ2v) is 5.48. The summed E-state index contributed by atoms with van der Waals surface area (Å²) in [6.45, 7) is 3.01. The summed E-state index contributed by atoms with van der Waals surface area (Å²) in [5.74, 6) is 1.84. The van der Waals surface area contributed by atoms with Gasteiger partial charge in [0, 0.05) is 6.54 Å². The monoisotopic (exact) mass is 265 g/mol. The highest BCUT2D eigenvalue weighted by Crippen LogP contribution is 2.33. The minimum absolute atomic E-state index is 0.345. The number of rotatable bonds is 7. The van der Waals surface area contributed by atoms with E-state index in [-0.39, 0.29) is 0 Å². The molecule has 1 unspecified atom stereocenters. The summed E-state index contributed by atoms with van der Waals surface area (Å²) in [5, 5.41) is 7.84. The van der Waals surface area contributed by atoms with Crippen molar-refractivity contribution in [2.24, 2.45) is 5.92 Å². The Morgan fingerprint density at radius 3 is 2.79 bits per heavy atom. The predicted molar refractivity (Wildman–Crippen MR) is 77.4 cm³/mol. The van der Waals surface area contributed by atoms with Crippen LogP contribution in [0.5, 0.6) is 5.75 Å². The fourth-order valence-corrected chi connectivity index (χ4v) is 3.26. The summed E-state index contributed by atoms with van der Waals surface area (Å²) in [7, 11) is 3.76. The molecule has 19 heavy (non-hydrogen) atoms. The van der Waals surface area contributed by atoms with Gasteiger partial charge in [-0.2, -0.15) is 5.10 Å². The van der Waals surface area contributed by atoms with Gasteiger partial charge in [-0.3, -0.25) is 4.68 Å². The van der Waals surface area contributed by atoms with E-state index in [1.54, 1.807) is 7.11 Å². The van der Waals surface area contributed by atoms with Crippen LogP contribution >= 0.6 is 0 Å². The van der Waals surface area contributed by atoms with Crippen molar-refractivity contribution in [1.82, 2.24) is 15.1 Å². The number of hydrogen-bond acceptors (Lipinski definition) is 3. The molecule has 1 aliphatic carbocycles. The Morgan fingerprint density at radius 2 is 2.21 bits per heavy atom. The van der Waals surface area contributed by atoms with Crippen molar-refractivity contribution in [2.45, 2.75) is 58.0 Å².